The molecule has 190 valence electrons. The van der Waals surface area contributed by atoms with Crippen molar-refractivity contribution in [1.29, 1.82) is 0 Å². The molecule has 0 aromatic rings. The van der Waals surface area contributed by atoms with E-state index in [2.05, 4.69) is 13.8 Å². The van der Waals surface area contributed by atoms with Crippen molar-refractivity contribution in [3.63, 3.8) is 0 Å². The molecule has 4 N–H and O–H groups in total. The standard InChI is InChI=1S/C25H42O8/c1-3-5-7-9-11-16-13-17(12-10-8-6-4-2)19(15-21(24(30)31)25(32)33)18(16)14-20(22(26)27)23(28)29/h16-21H,3-15H2,1-2H3,(H,26,27)(H,28,29)(H,30,31)(H,32,33). The third kappa shape index (κ3) is 9.33. The van der Waals surface area contributed by atoms with Crippen molar-refractivity contribution < 1.29 is 39.6 Å². The number of rotatable bonds is 18. The molecule has 1 aliphatic rings. The summed E-state index contributed by atoms with van der Waals surface area (Å²) in [5, 5.41) is 37.9. The zero-order valence-electron chi connectivity index (χ0n) is 20.1. The third-order valence-electron chi connectivity index (χ3n) is 7.43. The molecule has 0 amide bonds. The molecule has 4 unspecified atom stereocenters. The smallest absolute Gasteiger partial charge is 0.317 e. The minimum absolute atomic E-state index is 0.0782. The third-order valence-corrected chi connectivity index (χ3v) is 7.43. The van der Waals surface area contributed by atoms with E-state index in [1.54, 1.807) is 0 Å². The average Bonchev–Trinajstić information content (AvgIpc) is 3.05. The molecule has 0 bridgehead atoms. The summed E-state index contributed by atoms with van der Waals surface area (Å²) in [5.74, 6) is -9.15. The molecular weight excluding hydrogens is 428 g/mol. The number of carboxylic acids is 4. The molecule has 33 heavy (non-hydrogen) atoms. The number of carboxylic acid groups (broad SMARTS) is 4. The first-order chi connectivity index (χ1) is 15.6. The summed E-state index contributed by atoms with van der Waals surface area (Å²) in [6.45, 7) is 4.23. The molecule has 0 radical (unpaired) electrons. The van der Waals surface area contributed by atoms with E-state index in [9.17, 15) is 39.6 Å². The van der Waals surface area contributed by atoms with E-state index in [0.29, 0.717) is 0 Å². The van der Waals surface area contributed by atoms with Crippen molar-refractivity contribution in [3.05, 3.63) is 0 Å². The van der Waals surface area contributed by atoms with Crippen LogP contribution in [0.25, 0.3) is 0 Å². The van der Waals surface area contributed by atoms with Crippen molar-refractivity contribution in [2.24, 2.45) is 35.5 Å². The van der Waals surface area contributed by atoms with Crippen LogP contribution in [0.2, 0.25) is 0 Å². The lowest BCUT2D eigenvalue weighted by Gasteiger charge is -2.29. The first-order valence-corrected chi connectivity index (χ1v) is 12.5. The molecule has 1 saturated carbocycles. The van der Waals surface area contributed by atoms with Gasteiger partial charge in [-0.1, -0.05) is 78.1 Å². The molecule has 0 aromatic carbocycles. The van der Waals surface area contributed by atoms with Crippen molar-refractivity contribution in [2.75, 3.05) is 0 Å². The van der Waals surface area contributed by atoms with Crippen LogP contribution in [0.4, 0.5) is 0 Å². The molecular formula is C25H42O8. The molecule has 1 fully saturated rings. The Hall–Kier alpha value is -2.12. The van der Waals surface area contributed by atoms with Crippen LogP contribution in [0.1, 0.15) is 97.3 Å². The summed E-state index contributed by atoms with van der Waals surface area (Å²) in [6, 6.07) is 0. The van der Waals surface area contributed by atoms with Gasteiger partial charge < -0.3 is 20.4 Å². The van der Waals surface area contributed by atoms with Crippen molar-refractivity contribution >= 4 is 23.9 Å². The Labute approximate surface area is 196 Å². The van der Waals surface area contributed by atoms with Crippen molar-refractivity contribution in [1.82, 2.24) is 0 Å². The van der Waals surface area contributed by atoms with Crippen LogP contribution in [0, 0.1) is 35.5 Å². The van der Waals surface area contributed by atoms with Gasteiger partial charge in [-0.3, -0.25) is 19.2 Å². The summed E-state index contributed by atoms with van der Waals surface area (Å²) in [4.78, 5) is 46.5. The Morgan fingerprint density at radius 1 is 0.606 bits per heavy atom. The van der Waals surface area contributed by atoms with E-state index in [1.807, 2.05) is 0 Å². The number of aliphatic carboxylic acids is 4. The van der Waals surface area contributed by atoms with Gasteiger partial charge in [0.05, 0.1) is 0 Å². The predicted octanol–water partition coefficient (Wildman–Crippen LogP) is 5.15. The second kappa shape index (κ2) is 14.9. The highest BCUT2D eigenvalue weighted by Crippen LogP contribution is 2.51. The van der Waals surface area contributed by atoms with E-state index in [4.69, 9.17) is 0 Å². The summed E-state index contributed by atoms with van der Waals surface area (Å²) in [6.07, 6.45) is 10.6. The maximum atomic E-state index is 11.6. The SMILES string of the molecule is CCCCCCC1CC(CCCCCC)C(CC(C(=O)O)C(=O)O)C1CC(C(=O)O)C(=O)O. The molecule has 8 heteroatoms. The molecule has 4 atom stereocenters. The van der Waals surface area contributed by atoms with Crippen molar-refractivity contribution in [3.8, 4) is 0 Å². The number of hydrogen-bond donors (Lipinski definition) is 4. The highest BCUT2D eigenvalue weighted by Gasteiger charge is 2.47. The number of hydrogen-bond acceptors (Lipinski definition) is 4. The lowest BCUT2D eigenvalue weighted by Crippen LogP contribution is -2.33. The Morgan fingerprint density at radius 2 is 0.939 bits per heavy atom. The first-order valence-electron chi connectivity index (χ1n) is 12.5. The Morgan fingerprint density at radius 3 is 1.21 bits per heavy atom. The van der Waals surface area contributed by atoms with E-state index in [0.717, 1.165) is 70.6 Å². The van der Waals surface area contributed by atoms with Gasteiger partial charge in [0.2, 0.25) is 0 Å². The average molecular weight is 471 g/mol. The highest BCUT2D eigenvalue weighted by atomic mass is 16.4. The second-order valence-electron chi connectivity index (χ2n) is 9.71. The fraction of sp³-hybridized carbons (Fsp3) is 0.840. The molecule has 0 heterocycles. The van der Waals surface area contributed by atoms with Crippen LogP contribution in [-0.4, -0.2) is 44.3 Å². The minimum Gasteiger partial charge on any atom is -0.481 e. The quantitative estimate of drug-likeness (QED) is 0.159. The number of unbranched alkanes of at least 4 members (excludes halogenated alkanes) is 6. The topological polar surface area (TPSA) is 149 Å². The Balaban J connectivity index is 3.19. The number of carbonyl (C=O) groups is 4. The fourth-order valence-corrected chi connectivity index (χ4v) is 5.66. The molecule has 1 rings (SSSR count). The van der Waals surface area contributed by atoms with Gasteiger partial charge in [-0.05, 0) is 42.9 Å². The second-order valence-corrected chi connectivity index (χ2v) is 9.71. The van der Waals surface area contributed by atoms with Gasteiger partial charge >= 0.3 is 23.9 Å². The van der Waals surface area contributed by atoms with Gasteiger partial charge in [-0.25, -0.2) is 0 Å². The van der Waals surface area contributed by atoms with Gasteiger partial charge in [0.25, 0.3) is 0 Å². The molecule has 0 aliphatic heterocycles. The molecule has 1 aliphatic carbocycles. The van der Waals surface area contributed by atoms with E-state index >= 15 is 0 Å². The normalized spacial score (nSPS) is 22.7. The highest BCUT2D eigenvalue weighted by molar-refractivity contribution is 5.93. The Bertz CT molecular complexity index is 564. The molecule has 0 saturated heterocycles. The first kappa shape index (κ1) is 28.9. The van der Waals surface area contributed by atoms with E-state index in [1.165, 1.54) is 0 Å². The lowest BCUT2D eigenvalue weighted by atomic mass is 9.74. The zero-order chi connectivity index (χ0) is 25.0. The zero-order valence-corrected chi connectivity index (χ0v) is 20.1. The van der Waals surface area contributed by atoms with Crippen LogP contribution in [-0.2, 0) is 19.2 Å². The van der Waals surface area contributed by atoms with E-state index < -0.39 is 35.7 Å². The fourth-order valence-electron chi connectivity index (χ4n) is 5.66. The van der Waals surface area contributed by atoms with E-state index in [-0.39, 0.29) is 36.5 Å². The minimum atomic E-state index is -1.57. The van der Waals surface area contributed by atoms with Crippen LogP contribution in [0.5, 0.6) is 0 Å². The van der Waals surface area contributed by atoms with Gasteiger partial charge in [0.15, 0.2) is 11.8 Å². The van der Waals surface area contributed by atoms with Gasteiger partial charge in [0, 0.05) is 0 Å². The van der Waals surface area contributed by atoms with Crippen LogP contribution >= 0.6 is 0 Å². The lowest BCUT2D eigenvalue weighted by molar-refractivity contribution is -0.159. The maximum absolute atomic E-state index is 11.6. The van der Waals surface area contributed by atoms with Gasteiger partial charge in [0.1, 0.15) is 0 Å². The molecule has 8 nitrogen and oxygen atoms in total. The summed E-state index contributed by atoms with van der Waals surface area (Å²) < 4.78 is 0. The Kier molecular flexibility index (Phi) is 13.1. The van der Waals surface area contributed by atoms with Crippen LogP contribution in [0.15, 0.2) is 0 Å². The summed E-state index contributed by atoms with van der Waals surface area (Å²) in [7, 11) is 0. The maximum Gasteiger partial charge on any atom is 0.317 e. The monoisotopic (exact) mass is 470 g/mol. The summed E-state index contributed by atoms with van der Waals surface area (Å²) >= 11 is 0. The van der Waals surface area contributed by atoms with Gasteiger partial charge in [-0.15, -0.1) is 0 Å². The summed E-state index contributed by atoms with van der Waals surface area (Å²) in [5.41, 5.74) is 0. The molecule has 0 spiro atoms. The van der Waals surface area contributed by atoms with Crippen LogP contribution < -0.4 is 0 Å². The van der Waals surface area contributed by atoms with Crippen molar-refractivity contribution in [2.45, 2.75) is 97.3 Å². The van der Waals surface area contributed by atoms with Gasteiger partial charge in [-0.2, -0.15) is 0 Å². The molecule has 0 aromatic heterocycles. The predicted molar refractivity (Wildman–Crippen MR) is 123 cm³/mol. The largest absolute Gasteiger partial charge is 0.481 e. The van der Waals surface area contributed by atoms with Crippen LogP contribution in [0.3, 0.4) is 0 Å².